The van der Waals surface area contributed by atoms with Gasteiger partial charge in [0, 0.05) is 15.8 Å². The van der Waals surface area contributed by atoms with Gasteiger partial charge < -0.3 is 13.9 Å². The van der Waals surface area contributed by atoms with Crippen LogP contribution in [0.1, 0.15) is 0 Å². The number of methoxy groups -OCH3 is 2. The van der Waals surface area contributed by atoms with Crippen LogP contribution >= 0.6 is 23.2 Å². The molecule has 0 aliphatic carbocycles. The van der Waals surface area contributed by atoms with E-state index in [1.807, 2.05) is 0 Å². The van der Waals surface area contributed by atoms with E-state index >= 15 is 0 Å². The highest BCUT2D eigenvalue weighted by Gasteiger charge is 2.15. The standard InChI is InChI=1S/C15H10Cl2O4/c1-19-12-5-8-9-3-7(16)4-11(17)14(9)21-15(18)10(8)6-13(12)20-2/h3-6H,1-2H3. The van der Waals surface area contributed by atoms with E-state index in [1.165, 1.54) is 20.3 Å². The zero-order valence-electron chi connectivity index (χ0n) is 11.2. The van der Waals surface area contributed by atoms with E-state index in [4.69, 9.17) is 37.1 Å². The summed E-state index contributed by atoms with van der Waals surface area (Å²) in [6, 6.07) is 6.51. The quantitative estimate of drug-likeness (QED) is 0.521. The Morgan fingerprint density at radius 3 is 2.14 bits per heavy atom. The van der Waals surface area contributed by atoms with Gasteiger partial charge in [-0.3, -0.25) is 0 Å². The Morgan fingerprint density at radius 2 is 1.52 bits per heavy atom. The molecule has 0 fully saturated rings. The first-order chi connectivity index (χ1) is 10.0. The molecule has 0 saturated carbocycles. The van der Waals surface area contributed by atoms with Gasteiger partial charge in [0.2, 0.25) is 0 Å². The lowest BCUT2D eigenvalue weighted by molar-refractivity contribution is 0.355. The lowest BCUT2D eigenvalue weighted by Gasteiger charge is -2.10. The minimum atomic E-state index is -0.498. The molecule has 0 spiro atoms. The van der Waals surface area contributed by atoms with Crippen LogP contribution in [-0.2, 0) is 0 Å². The summed E-state index contributed by atoms with van der Waals surface area (Å²) in [4.78, 5) is 12.1. The zero-order chi connectivity index (χ0) is 15.1. The molecular weight excluding hydrogens is 315 g/mol. The largest absolute Gasteiger partial charge is 0.493 e. The van der Waals surface area contributed by atoms with Crippen molar-refractivity contribution in [2.45, 2.75) is 0 Å². The van der Waals surface area contributed by atoms with E-state index in [2.05, 4.69) is 0 Å². The van der Waals surface area contributed by atoms with Crippen LogP contribution in [0.5, 0.6) is 11.5 Å². The summed E-state index contributed by atoms with van der Waals surface area (Å²) in [5.74, 6) is 0.956. The first kappa shape index (κ1) is 14.0. The Hall–Kier alpha value is -1.91. The van der Waals surface area contributed by atoms with Gasteiger partial charge in [-0.15, -0.1) is 0 Å². The molecule has 0 atom stereocenters. The van der Waals surface area contributed by atoms with Crippen LogP contribution in [0.2, 0.25) is 10.0 Å². The van der Waals surface area contributed by atoms with Gasteiger partial charge in [0.1, 0.15) is 0 Å². The van der Waals surface area contributed by atoms with Gasteiger partial charge in [-0.05, 0) is 24.3 Å². The molecule has 0 radical (unpaired) electrons. The molecular formula is C15H10Cl2O4. The van der Waals surface area contributed by atoms with Crippen molar-refractivity contribution in [1.29, 1.82) is 0 Å². The predicted octanol–water partition coefficient (Wildman–Crippen LogP) is 4.27. The molecule has 3 rings (SSSR count). The monoisotopic (exact) mass is 324 g/mol. The van der Waals surface area contributed by atoms with Gasteiger partial charge in [0.25, 0.3) is 0 Å². The molecule has 0 aliphatic heterocycles. The Labute approximate surface area is 129 Å². The third-order valence-corrected chi connectivity index (χ3v) is 3.74. The third kappa shape index (κ3) is 2.20. The maximum atomic E-state index is 12.1. The third-order valence-electron chi connectivity index (χ3n) is 3.24. The van der Waals surface area contributed by atoms with E-state index in [-0.39, 0.29) is 5.02 Å². The van der Waals surface area contributed by atoms with Crippen LogP contribution in [0.4, 0.5) is 0 Å². The van der Waals surface area contributed by atoms with Gasteiger partial charge in [-0.1, -0.05) is 23.2 Å². The average molecular weight is 325 g/mol. The molecule has 0 bridgehead atoms. The van der Waals surface area contributed by atoms with Crippen LogP contribution in [-0.4, -0.2) is 14.2 Å². The summed E-state index contributed by atoms with van der Waals surface area (Å²) >= 11 is 12.1. The van der Waals surface area contributed by atoms with Gasteiger partial charge in [0.15, 0.2) is 17.1 Å². The zero-order valence-corrected chi connectivity index (χ0v) is 12.7. The fourth-order valence-corrected chi connectivity index (χ4v) is 2.81. The highest BCUT2D eigenvalue weighted by atomic mass is 35.5. The van der Waals surface area contributed by atoms with E-state index in [9.17, 15) is 4.79 Å². The van der Waals surface area contributed by atoms with Crippen molar-refractivity contribution >= 4 is 44.9 Å². The van der Waals surface area contributed by atoms with E-state index in [0.717, 1.165) is 0 Å². The number of fused-ring (bicyclic) bond motifs is 3. The average Bonchev–Trinajstić information content (AvgIpc) is 2.47. The Morgan fingerprint density at radius 1 is 0.905 bits per heavy atom. The number of hydrogen-bond acceptors (Lipinski definition) is 4. The van der Waals surface area contributed by atoms with Crippen molar-refractivity contribution < 1.29 is 13.9 Å². The predicted molar refractivity (Wildman–Crippen MR) is 83.1 cm³/mol. The first-order valence-electron chi connectivity index (χ1n) is 6.02. The summed E-state index contributed by atoms with van der Waals surface area (Å²) in [6.07, 6.45) is 0. The van der Waals surface area contributed by atoms with Crippen LogP contribution in [0.3, 0.4) is 0 Å². The molecule has 21 heavy (non-hydrogen) atoms. The minimum Gasteiger partial charge on any atom is -0.493 e. The number of ether oxygens (including phenoxy) is 2. The lowest BCUT2D eigenvalue weighted by Crippen LogP contribution is -2.01. The summed E-state index contributed by atoms with van der Waals surface area (Å²) < 4.78 is 15.8. The van der Waals surface area contributed by atoms with E-state index < -0.39 is 5.63 Å². The molecule has 6 heteroatoms. The molecule has 1 heterocycles. The molecule has 3 aromatic rings. The maximum Gasteiger partial charge on any atom is 0.344 e. The molecule has 0 aliphatic rings. The molecule has 4 nitrogen and oxygen atoms in total. The van der Waals surface area contributed by atoms with Crippen molar-refractivity contribution in [2.24, 2.45) is 0 Å². The SMILES string of the molecule is COc1cc2c(=O)oc3c(Cl)cc(Cl)cc3c2cc1OC. The second kappa shape index (κ2) is 5.13. The van der Waals surface area contributed by atoms with Gasteiger partial charge in [0.05, 0.1) is 24.6 Å². The van der Waals surface area contributed by atoms with Crippen LogP contribution < -0.4 is 15.1 Å². The summed E-state index contributed by atoms with van der Waals surface area (Å²) in [7, 11) is 3.03. The van der Waals surface area contributed by atoms with Crippen molar-refractivity contribution in [3.8, 4) is 11.5 Å². The second-order valence-electron chi connectivity index (χ2n) is 4.41. The smallest absolute Gasteiger partial charge is 0.344 e. The first-order valence-corrected chi connectivity index (χ1v) is 6.78. The molecule has 0 amide bonds. The summed E-state index contributed by atoms with van der Waals surface area (Å²) in [6.45, 7) is 0. The minimum absolute atomic E-state index is 0.284. The van der Waals surface area contributed by atoms with Crippen molar-refractivity contribution in [3.63, 3.8) is 0 Å². The maximum absolute atomic E-state index is 12.1. The van der Waals surface area contributed by atoms with Gasteiger partial charge in [-0.25, -0.2) is 4.79 Å². The fraction of sp³-hybridized carbons (Fsp3) is 0.133. The van der Waals surface area contributed by atoms with Crippen LogP contribution in [0.15, 0.2) is 33.5 Å². The Bertz CT molecular complexity index is 915. The van der Waals surface area contributed by atoms with Crippen molar-refractivity contribution in [2.75, 3.05) is 14.2 Å². The second-order valence-corrected chi connectivity index (χ2v) is 5.25. The molecule has 0 unspecified atom stereocenters. The summed E-state index contributed by atoms with van der Waals surface area (Å²) in [5.41, 5.74) is -0.200. The van der Waals surface area contributed by atoms with Gasteiger partial charge in [-0.2, -0.15) is 0 Å². The van der Waals surface area contributed by atoms with E-state index in [0.29, 0.717) is 38.3 Å². The van der Waals surface area contributed by atoms with Crippen molar-refractivity contribution in [1.82, 2.24) is 0 Å². The molecule has 2 aromatic carbocycles. The number of rotatable bonds is 2. The van der Waals surface area contributed by atoms with E-state index in [1.54, 1.807) is 18.2 Å². The van der Waals surface area contributed by atoms with Crippen LogP contribution in [0.25, 0.3) is 21.7 Å². The van der Waals surface area contributed by atoms with Crippen molar-refractivity contribution in [3.05, 3.63) is 44.7 Å². The highest BCUT2D eigenvalue weighted by Crippen LogP contribution is 2.36. The number of hydrogen-bond donors (Lipinski definition) is 0. The number of benzene rings is 2. The summed E-state index contributed by atoms with van der Waals surface area (Å²) in [5, 5.41) is 2.40. The fourth-order valence-electron chi connectivity index (χ4n) is 2.28. The van der Waals surface area contributed by atoms with Crippen LogP contribution in [0, 0.1) is 0 Å². The normalized spacial score (nSPS) is 11.0. The molecule has 0 N–H and O–H groups in total. The topological polar surface area (TPSA) is 48.7 Å². The molecule has 108 valence electrons. The Kier molecular flexibility index (Phi) is 3.43. The number of halogens is 2. The van der Waals surface area contributed by atoms with Gasteiger partial charge >= 0.3 is 5.63 Å². The molecule has 1 aromatic heterocycles. The lowest BCUT2D eigenvalue weighted by atomic mass is 10.1. The molecule has 0 saturated heterocycles. The Balaban J connectivity index is 2.56. The highest BCUT2D eigenvalue weighted by molar-refractivity contribution is 6.39.